The molecule has 0 radical (unpaired) electrons. The Kier molecular flexibility index (Phi) is 4.08. The van der Waals surface area contributed by atoms with Crippen molar-refractivity contribution in [1.29, 1.82) is 0 Å². The van der Waals surface area contributed by atoms with Crippen LogP contribution in [0.25, 0.3) is 0 Å². The maximum Gasteiger partial charge on any atom is 0.213 e. The number of fused-ring (bicyclic) bond motifs is 1. The van der Waals surface area contributed by atoms with Crippen molar-refractivity contribution in [3.8, 4) is 5.88 Å². The van der Waals surface area contributed by atoms with Crippen molar-refractivity contribution in [3.05, 3.63) is 41.5 Å². The molecule has 0 N–H and O–H groups in total. The van der Waals surface area contributed by atoms with Crippen molar-refractivity contribution in [2.24, 2.45) is 0 Å². The van der Waals surface area contributed by atoms with E-state index in [0.29, 0.717) is 11.9 Å². The molecule has 2 aromatic heterocycles. The third kappa shape index (κ3) is 3.21. The van der Waals surface area contributed by atoms with Crippen LogP contribution in [0, 0.1) is 0 Å². The molecule has 4 rings (SSSR count). The Hall–Kier alpha value is -2.17. The average Bonchev–Trinajstić information content (AvgIpc) is 3.28. The SMILES string of the molecule is CC(C)Oc1cc(CN(c2ncnc3c2CCC3)C2CC2)ccn1. The van der Waals surface area contributed by atoms with Gasteiger partial charge >= 0.3 is 0 Å². The predicted molar refractivity (Wildman–Crippen MR) is 93.3 cm³/mol. The van der Waals surface area contributed by atoms with Gasteiger partial charge in [0.1, 0.15) is 12.1 Å². The van der Waals surface area contributed by atoms with Gasteiger partial charge in [-0.05, 0) is 57.6 Å². The summed E-state index contributed by atoms with van der Waals surface area (Å²) in [5.74, 6) is 1.84. The van der Waals surface area contributed by atoms with Crippen molar-refractivity contribution in [2.45, 2.75) is 64.6 Å². The van der Waals surface area contributed by atoms with Gasteiger partial charge in [0, 0.05) is 36.1 Å². The van der Waals surface area contributed by atoms with Gasteiger partial charge in [-0.15, -0.1) is 0 Å². The number of ether oxygens (including phenoxy) is 1. The van der Waals surface area contributed by atoms with E-state index >= 15 is 0 Å². The van der Waals surface area contributed by atoms with E-state index in [0.717, 1.165) is 25.2 Å². The van der Waals surface area contributed by atoms with E-state index in [1.807, 2.05) is 20.0 Å². The van der Waals surface area contributed by atoms with Crippen molar-refractivity contribution in [3.63, 3.8) is 0 Å². The molecule has 2 aliphatic carbocycles. The fraction of sp³-hybridized carbons (Fsp3) is 0.526. The molecule has 0 bridgehead atoms. The number of pyridine rings is 1. The lowest BCUT2D eigenvalue weighted by atomic mass is 10.2. The highest BCUT2D eigenvalue weighted by Crippen LogP contribution is 2.36. The number of hydrogen-bond donors (Lipinski definition) is 0. The van der Waals surface area contributed by atoms with Crippen molar-refractivity contribution in [2.75, 3.05) is 4.90 Å². The van der Waals surface area contributed by atoms with Crippen LogP contribution in [0.4, 0.5) is 5.82 Å². The number of nitrogens with zero attached hydrogens (tertiary/aromatic N) is 4. The Morgan fingerprint density at radius 1 is 1.21 bits per heavy atom. The average molecular weight is 324 g/mol. The lowest BCUT2D eigenvalue weighted by Crippen LogP contribution is -2.27. The van der Waals surface area contributed by atoms with Gasteiger partial charge < -0.3 is 9.64 Å². The van der Waals surface area contributed by atoms with E-state index in [1.165, 1.54) is 36.1 Å². The fourth-order valence-corrected chi connectivity index (χ4v) is 3.40. The summed E-state index contributed by atoms with van der Waals surface area (Å²) in [5.41, 5.74) is 3.82. The Bertz CT molecular complexity index is 727. The number of aromatic nitrogens is 3. The summed E-state index contributed by atoms with van der Waals surface area (Å²) in [6.07, 6.45) is 9.59. The number of rotatable bonds is 6. The maximum atomic E-state index is 5.74. The first-order chi connectivity index (χ1) is 11.7. The highest BCUT2D eigenvalue weighted by molar-refractivity contribution is 5.52. The number of aryl methyl sites for hydroxylation is 1. The standard InChI is InChI=1S/C19H24N4O/c1-13(2)24-18-10-14(8-9-20-18)11-23(15-6-7-15)19-16-4-3-5-17(16)21-12-22-19/h8-10,12-13,15H,3-7,11H2,1-2H3. The summed E-state index contributed by atoms with van der Waals surface area (Å²) in [7, 11) is 0. The van der Waals surface area contributed by atoms with Gasteiger partial charge in [0.25, 0.3) is 0 Å². The van der Waals surface area contributed by atoms with Crippen molar-refractivity contribution >= 4 is 5.82 Å². The first-order valence-corrected chi connectivity index (χ1v) is 8.91. The molecule has 0 unspecified atom stereocenters. The lowest BCUT2D eigenvalue weighted by molar-refractivity contribution is 0.232. The Balaban J connectivity index is 1.60. The van der Waals surface area contributed by atoms with E-state index < -0.39 is 0 Å². The van der Waals surface area contributed by atoms with Crippen molar-refractivity contribution in [1.82, 2.24) is 15.0 Å². The molecule has 5 nitrogen and oxygen atoms in total. The third-order valence-corrected chi connectivity index (χ3v) is 4.62. The van der Waals surface area contributed by atoms with Crippen LogP contribution in [0.1, 0.15) is 49.9 Å². The summed E-state index contributed by atoms with van der Waals surface area (Å²) < 4.78 is 5.74. The summed E-state index contributed by atoms with van der Waals surface area (Å²) in [6.45, 7) is 4.90. The Morgan fingerprint density at radius 2 is 2.08 bits per heavy atom. The summed E-state index contributed by atoms with van der Waals surface area (Å²) >= 11 is 0. The monoisotopic (exact) mass is 324 g/mol. The molecule has 0 aromatic carbocycles. The highest BCUT2D eigenvalue weighted by atomic mass is 16.5. The smallest absolute Gasteiger partial charge is 0.213 e. The van der Waals surface area contributed by atoms with Crippen LogP contribution in [-0.2, 0) is 19.4 Å². The second-order valence-electron chi connectivity index (χ2n) is 7.00. The minimum atomic E-state index is 0.136. The molecule has 2 heterocycles. The van der Waals surface area contributed by atoms with Crippen LogP contribution in [-0.4, -0.2) is 27.1 Å². The Labute approximate surface area is 143 Å². The zero-order chi connectivity index (χ0) is 16.5. The van der Waals surface area contributed by atoms with E-state index in [1.54, 1.807) is 6.33 Å². The summed E-state index contributed by atoms with van der Waals surface area (Å²) in [5, 5.41) is 0. The fourth-order valence-electron chi connectivity index (χ4n) is 3.40. The Morgan fingerprint density at radius 3 is 2.88 bits per heavy atom. The van der Waals surface area contributed by atoms with Gasteiger partial charge in [0.05, 0.1) is 6.10 Å². The van der Waals surface area contributed by atoms with Crippen LogP contribution < -0.4 is 9.64 Å². The maximum absolute atomic E-state index is 5.74. The molecular weight excluding hydrogens is 300 g/mol. The first-order valence-electron chi connectivity index (χ1n) is 8.91. The third-order valence-electron chi connectivity index (χ3n) is 4.62. The zero-order valence-electron chi connectivity index (χ0n) is 14.4. The molecule has 2 aromatic rings. The quantitative estimate of drug-likeness (QED) is 0.816. The molecular formula is C19H24N4O. The molecule has 24 heavy (non-hydrogen) atoms. The van der Waals surface area contributed by atoms with Crippen LogP contribution in [0.15, 0.2) is 24.7 Å². The molecule has 0 aliphatic heterocycles. The molecule has 1 saturated carbocycles. The summed E-state index contributed by atoms with van der Waals surface area (Å²) in [6, 6.07) is 4.73. The van der Waals surface area contributed by atoms with E-state index in [2.05, 4.69) is 32.0 Å². The lowest BCUT2D eigenvalue weighted by Gasteiger charge is -2.25. The van der Waals surface area contributed by atoms with Gasteiger partial charge in [-0.3, -0.25) is 0 Å². The molecule has 2 aliphatic rings. The van der Waals surface area contributed by atoms with Gasteiger partial charge in [-0.2, -0.15) is 0 Å². The van der Waals surface area contributed by atoms with E-state index in [-0.39, 0.29) is 6.10 Å². The van der Waals surface area contributed by atoms with Gasteiger partial charge in [-0.1, -0.05) is 0 Å². The predicted octanol–water partition coefficient (Wildman–Crippen LogP) is 3.32. The topological polar surface area (TPSA) is 51.1 Å². The van der Waals surface area contributed by atoms with Crippen molar-refractivity contribution < 1.29 is 4.74 Å². The molecule has 1 fully saturated rings. The molecule has 0 spiro atoms. The second-order valence-corrected chi connectivity index (χ2v) is 7.00. The van der Waals surface area contributed by atoms with Crippen LogP contribution in [0.3, 0.4) is 0 Å². The van der Waals surface area contributed by atoms with Gasteiger partial charge in [0.2, 0.25) is 5.88 Å². The molecule has 5 heteroatoms. The van der Waals surface area contributed by atoms with Crippen LogP contribution in [0.5, 0.6) is 5.88 Å². The molecule has 126 valence electrons. The molecule has 0 atom stereocenters. The zero-order valence-corrected chi connectivity index (χ0v) is 14.4. The normalized spacial score (nSPS) is 16.3. The minimum absolute atomic E-state index is 0.136. The van der Waals surface area contributed by atoms with Crippen LogP contribution in [0.2, 0.25) is 0 Å². The molecule has 0 saturated heterocycles. The minimum Gasteiger partial charge on any atom is -0.475 e. The van der Waals surface area contributed by atoms with E-state index in [4.69, 9.17) is 4.74 Å². The second kappa shape index (κ2) is 6.38. The van der Waals surface area contributed by atoms with Gasteiger partial charge in [0.15, 0.2) is 0 Å². The highest BCUT2D eigenvalue weighted by Gasteiger charge is 2.33. The first kappa shape index (κ1) is 15.4. The number of anilines is 1. The van der Waals surface area contributed by atoms with Crippen LogP contribution >= 0.6 is 0 Å². The van der Waals surface area contributed by atoms with Gasteiger partial charge in [-0.25, -0.2) is 15.0 Å². The molecule has 0 amide bonds. The largest absolute Gasteiger partial charge is 0.475 e. The van der Waals surface area contributed by atoms with E-state index in [9.17, 15) is 0 Å². The summed E-state index contributed by atoms with van der Waals surface area (Å²) in [4.78, 5) is 15.9. The number of hydrogen-bond acceptors (Lipinski definition) is 5.